The van der Waals surface area contributed by atoms with Crippen molar-refractivity contribution in [2.24, 2.45) is 0 Å². The van der Waals surface area contributed by atoms with Gasteiger partial charge in [0.15, 0.2) is 0 Å². The van der Waals surface area contributed by atoms with Crippen molar-refractivity contribution in [2.45, 2.75) is 0 Å². The second-order valence-electron chi connectivity index (χ2n) is 7.68. The third-order valence-corrected chi connectivity index (χ3v) is 1.33. The molecule has 30 heavy (non-hydrogen) atoms. The molecule has 178 valence electrons. The van der Waals surface area contributed by atoms with E-state index < -0.39 is 0 Å². The average molecular weight is 833 g/mol. The van der Waals surface area contributed by atoms with E-state index in [1.807, 2.05) is 72.8 Å². The van der Waals surface area contributed by atoms with Gasteiger partial charge in [0.1, 0.15) is 0 Å². The minimum Gasteiger partial charge on any atom is -0.116 e. The van der Waals surface area contributed by atoms with E-state index in [2.05, 4.69) is 80.0 Å². The molecule has 0 bridgehead atoms. The van der Waals surface area contributed by atoms with Crippen LogP contribution in [-0.4, -0.2) is 80.0 Å². The second-order valence-corrected chi connectivity index (χ2v) is 18.4. The van der Waals surface area contributed by atoms with Crippen LogP contribution in [0.4, 0.5) is 0 Å². The average Bonchev–Trinajstić information content (AvgIpc) is 2.56. The third-order valence-electron chi connectivity index (χ3n) is 1.33. The van der Waals surface area contributed by atoms with E-state index in [4.69, 9.17) is 0 Å². The van der Waals surface area contributed by atoms with E-state index in [9.17, 15) is 0 Å². The van der Waals surface area contributed by atoms with Crippen molar-refractivity contribution >= 4 is 31.7 Å². The Hall–Kier alpha value is 1.48. The fraction of sp³-hybridized carbons (Fsp3) is 0.500. The van der Waals surface area contributed by atoms with Crippen molar-refractivity contribution in [1.82, 2.24) is 0 Å². The van der Waals surface area contributed by atoms with Crippen molar-refractivity contribution in [3.05, 3.63) is 72.8 Å². The minimum atomic E-state index is 0. The molecule has 2 rings (SSSR count). The molecule has 2 aromatic carbocycles. The summed E-state index contributed by atoms with van der Waals surface area (Å²) >= 11 is 0. The summed E-state index contributed by atoms with van der Waals surface area (Å²) in [6.45, 7) is 26.8. The van der Waals surface area contributed by atoms with E-state index in [0.29, 0.717) is 31.7 Å². The molecule has 0 fully saturated rings. The maximum Gasteiger partial charge on any atom is 0 e. The van der Waals surface area contributed by atoms with Crippen LogP contribution in [0.25, 0.3) is 0 Å². The van der Waals surface area contributed by atoms with Crippen LogP contribution in [0.2, 0.25) is 0 Å². The summed E-state index contributed by atoms with van der Waals surface area (Å²) < 4.78 is 0. The molecule has 0 aliphatic rings. The van der Waals surface area contributed by atoms with E-state index in [1.165, 1.54) is 0 Å². The van der Waals surface area contributed by atoms with Gasteiger partial charge in [-0.3, -0.25) is 0 Å². The van der Waals surface area contributed by atoms with Gasteiger partial charge in [0.25, 0.3) is 0 Å². The Labute approximate surface area is 223 Å². The second kappa shape index (κ2) is 40.8. The van der Waals surface area contributed by atoms with Gasteiger partial charge in [-0.25, -0.2) is 0 Å². The Morgan fingerprint density at radius 2 is 0.267 bits per heavy atom. The fourth-order valence-electron chi connectivity index (χ4n) is 0.770. The summed E-state index contributed by atoms with van der Waals surface area (Å²) in [4.78, 5) is 0. The molecule has 0 amide bonds. The zero-order valence-corrected chi connectivity index (χ0v) is 30.5. The van der Waals surface area contributed by atoms with Crippen molar-refractivity contribution < 1.29 is 40.8 Å². The number of hydrogen-bond donors (Lipinski definition) is 0. The Balaban J connectivity index is -0.0000000577. The van der Waals surface area contributed by atoms with Crippen LogP contribution in [0.5, 0.6) is 0 Å². The normalized spacial score (nSPS) is 8.00. The topological polar surface area (TPSA) is 0 Å². The molecule has 2 aromatic rings. The molecule has 0 aliphatic heterocycles. The molecular formula is C24H48P4Re2. The molecule has 0 N–H and O–H groups in total. The first-order valence-corrected chi connectivity index (χ1v) is 20.1. The van der Waals surface area contributed by atoms with E-state index in [0.717, 1.165) is 0 Å². The largest absolute Gasteiger partial charge is 0.116 e. The molecular weight excluding hydrogens is 785 g/mol. The van der Waals surface area contributed by atoms with Gasteiger partial charge in [0.05, 0.1) is 0 Å². The summed E-state index contributed by atoms with van der Waals surface area (Å²) in [7, 11) is 1.52. The van der Waals surface area contributed by atoms with Gasteiger partial charge in [-0.1, -0.05) is 72.8 Å². The summed E-state index contributed by atoms with van der Waals surface area (Å²) in [6.07, 6.45) is 0. The van der Waals surface area contributed by atoms with E-state index in [-0.39, 0.29) is 40.8 Å². The Morgan fingerprint density at radius 1 is 0.233 bits per heavy atom. The van der Waals surface area contributed by atoms with Crippen LogP contribution in [0.15, 0.2) is 72.8 Å². The molecule has 0 saturated carbocycles. The number of rotatable bonds is 0. The van der Waals surface area contributed by atoms with Crippen molar-refractivity contribution in [3.8, 4) is 0 Å². The zero-order valence-electron chi connectivity index (χ0n) is 21.5. The SMILES string of the molecule is CP(C)C.CP(C)C.CP(C)C.CP(C)C.[Re].[Re].c1ccccc1.c1ccccc1. The van der Waals surface area contributed by atoms with Gasteiger partial charge >= 0.3 is 0 Å². The first-order chi connectivity index (χ1) is 12.9. The number of hydrogen-bond acceptors (Lipinski definition) is 0. The summed E-state index contributed by atoms with van der Waals surface area (Å²) in [5.74, 6) is 0. The Morgan fingerprint density at radius 3 is 0.300 bits per heavy atom. The molecule has 0 aromatic heterocycles. The Bertz CT molecular complexity index is 320. The van der Waals surface area contributed by atoms with Gasteiger partial charge in [-0.15, -0.1) is 31.7 Å². The molecule has 0 spiro atoms. The summed E-state index contributed by atoms with van der Waals surface area (Å²) in [5, 5.41) is 0. The van der Waals surface area contributed by atoms with Gasteiger partial charge in [-0.05, 0) is 80.0 Å². The monoisotopic (exact) mass is 834 g/mol. The summed E-state index contributed by atoms with van der Waals surface area (Å²) in [5.41, 5.74) is 0. The summed E-state index contributed by atoms with van der Waals surface area (Å²) in [6, 6.07) is 24.0. The maximum absolute atomic E-state index is 2.23. The van der Waals surface area contributed by atoms with Crippen LogP contribution in [0, 0.1) is 0 Å². The molecule has 0 heterocycles. The molecule has 0 aliphatic carbocycles. The predicted octanol–water partition coefficient (Wildman–Crippen LogP) is 8.80. The third kappa shape index (κ3) is 132. The molecule has 0 saturated heterocycles. The molecule has 2 radical (unpaired) electrons. The van der Waals surface area contributed by atoms with Crippen molar-refractivity contribution in [2.75, 3.05) is 80.0 Å². The smallest absolute Gasteiger partial charge is 0 e. The molecule has 6 heteroatoms. The zero-order chi connectivity index (χ0) is 22.8. The van der Waals surface area contributed by atoms with Crippen molar-refractivity contribution in [3.63, 3.8) is 0 Å². The van der Waals surface area contributed by atoms with E-state index >= 15 is 0 Å². The van der Waals surface area contributed by atoms with E-state index in [1.54, 1.807) is 0 Å². The number of benzene rings is 2. The molecule has 0 unspecified atom stereocenters. The van der Waals surface area contributed by atoms with Crippen molar-refractivity contribution in [1.29, 1.82) is 0 Å². The quantitative estimate of drug-likeness (QED) is 0.233. The van der Waals surface area contributed by atoms with Crippen LogP contribution in [-0.2, 0) is 40.8 Å². The molecule has 0 nitrogen and oxygen atoms in total. The van der Waals surface area contributed by atoms with Gasteiger partial charge in [0, 0.05) is 40.8 Å². The minimum absolute atomic E-state index is 0. The van der Waals surface area contributed by atoms with Crippen LogP contribution in [0.1, 0.15) is 0 Å². The maximum atomic E-state index is 2.23. The first-order valence-electron chi connectivity index (χ1n) is 9.37. The first kappa shape index (κ1) is 45.1. The van der Waals surface area contributed by atoms with Crippen LogP contribution in [0.3, 0.4) is 0 Å². The predicted molar refractivity (Wildman–Crippen MR) is 152 cm³/mol. The van der Waals surface area contributed by atoms with Gasteiger partial charge < -0.3 is 0 Å². The van der Waals surface area contributed by atoms with Gasteiger partial charge in [-0.2, -0.15) is 0 Å². The van der Waals surface area contributed by atoms with Gasteiger partial charge in [0.2, 0.25) is 0 Å². The fourth-order valence-corrected chi connectivity index (χ4v) is 0.770. The van der Waals surface area contributed by atoms with Crippen LogP contribution >= 0.6 is 31.7 Å². The van der Waals surface area contributed by atoms with Crippen LogP contribution < -0.4 is 0 Å². The standard InChI is InChI=1S/2C6H6.4C3H9P.2Re/c2*1-2-4-6-5-3-1;4*1-4(2)3;;/h2*1-6H;4*1-3H3;;. The Kier molecular flexibility index (Phi) is 61.3. The molecule has 0 atom stereocenters.